The number of rotatable bonds is 1. The largest absolute Gasteiger partial charge is 0.507 e. The SMILES string of the molecule is CC1(C)CC[C@H](c2cc(O)c3c(c2O)C(=O)C=CC3=O)O1. The molecule has 110 valence electrons. The first-order chi connectivity index (χ1) is 9.80. The van der Waals surface area contributed by atoms with E-state index in [0.29, 0.717) is 12.0 Å². The van der Waals surface area contributed by atoms with Crippen molar-refractivity contribution in [1.82, 2.24) is 0 Å². The minimum Gasteiger partial charge on any atom is -0.507 e. The van der Waals surface area contributed by atoms with Gasteiger partial charge in [0.15, 0.2) is 11.6 Å². The van der Waals surface area contributed by atoms with E-state index >= 15 is 0 Å². The summed E-state index contributed by atoms with van der Waals surface area (Å²) in [6.07, 6.45) is 3.29. The van der Waals surface area contributed by atoms with Gasteiger partial charge in [0.05, 0.1) is 22.8 Å². The fourth-order valence-corrected chi connectivity index (χ4v) is 2.93. The number of allylic oxidation sites excluding steroid dienone is 2. The summed E-state index contributed by atoms with van der Waals surface area (Å²) in [6.45, 7) is 3.89. The first-order valence-corrected chi connectivity index (χ1v) is 6.83. The summed E-state index contributed by atoms with van der Waals surface area (Å²) in [5.41, 5.74) is -0.234. The Kier molecular flexibility index (Phi) is 2.92. The number of carbonyl (C=O) groups excluding carboxylic acids is 2. The minimum atomic E-state index is -0.489. The van der Waals surface area contributed by atoms with Crippen LogP contribution >= 0.6 is 0 Å². The summed E-state index contributed by atoms with van der Waals surface area (Å²) in [7, 11) is 0. The summed E-state index contributed by atoms with van der Waals surface area (Å²) in [6, 6.07) is 1.32. The van der Waals surface area contributed by atoms with E-state index in [9.17, 15) is 19.8 Å². The van der Waals surface area contributed by atoms with Crippen LogP contribution in [-0.2, 0) is 4.74 Å². The van der Waals surface area contributed by atoms with E-state index in [-0.39, 0.29) is 28.2 Å². The lowest BCUT2D eigenvalue weighted by atomic mass is 9.89. The number of ketones is 2. The zero-order valence-electron chi connectivity index (χ0n) is 11.8. The number of hydrogen-bond donors (Lipinski definition) is 2. The van der Waals surface area contributed by atoms with Crippen LogP contribution in [-0.4, -0.2) is 27.4 Å². The highest BCUT2D eigenvalue weighted by Crippen LogP contribution is 2.46. The third-order valence-electron chi connectivity index (χ3n) is 4.00. The molecule has 3 rings (SSSR count). The Labute approximate surface area is 121 Å². The fraction of sp³-hybridized carbons (Fsp3) is 0.375. The first kappa shape index (κ1) is 13.8. The van der Waals surface area contributed by atoms with Crippen LogP contribution in [0.15, 0.2) is 18.2 Å². The molecule has 0 spiro atoms. The Bertz CT molecular complexity index is 684. The highest BCUT2D eigenvalue weighted by atomic mass is 16.5. The van der Waals surface area contributed by atoms with Crippen LogP contribution in [0.25, 0.3) is 0 Å². The van der Waals surface area contributed by atoms with Gasteiger partial charge in [0.25, 0.3) is 0 Å². The predicted octanol–water partition coefficient (Wildman–Crippen LogP) is 2.66. The van der Waals surface area contributed by atoms with Gasteiger partial charge in [-0.2, -0.15) is 0 Å². The predicted molar refractivity (Wildman–Crippen MR) is 74.7 cm³/mol. The zero-order chi connectivity index (χ0) is 15.4. The quantitative estimate of drug-likeness (QED) is 0.776. The standard InChI is InChI=1S/C16H16O5/c1-16(2)6-5-12(21-16)8-7-11(19)13-9(17)3-4-10(18)14(13)15(8)20/h3-4,7,12,19-20H,5-6H2,1-2H3/t12-/m1/s1. The third-order valence-corrected chi connectivity index (χ3v) is 4.00. The first-order valence-electron chi connectivity index (χ1n) is 6.83. The smallest absolute Gasteiger partial charge is 0.190 e. The number of phenols is 2. The number of carbonyl (C=O) groups is 2. The number of fused-ring (bicyclic) bond motifs is 1. The van der Waals surface area contributed by atoms with Crippen molar-refractivity contribution in [2.75, 3.05) is 0 Å². The van der Waals surface area contributed by atoms with Gasteiger partial charge in [0.2, 0.25) is 0 Å². The minimum absolute atomic E-state index is 0.134. The van der Waals surface area contributed by atoms with Gasteiger partial charge in [-0.25, -0.2) is 0 Å². The maximum Gasteiger partial charge on any atom is 0.190 e. The van der Waals surface area contributed by atoms with E-state index in [2.05, 4.69) is 0 Å². The second-order valence-corrected chi connectivity index (χ2v) is 6.05. The van der Waals surface area contributed by atoms with Crippen molar-refractivity contribution >= 4 is 11.6 Å². The zero-order valence-corrected chi connectivity index (χ0v) is 11.8. The van der Waals surface area contributed by atoms with E-state index in [4.69, 9.17) is 4.74 Å². The van der Waals surface area contributed by atoms with Crippen molar-refractivity contribution < 1.29 is 24.5 Å². The van der Waals surface area contributed by atoms with E-state index in [0.717, 1.165) is 18.6 Å². The molecule has 2 N–H and O–H groups in total. The van der Waals surface area contributed by atoms with E-state index in [1.54, 1.807) is 0 Å². The molecule has 1 aliphatic heterocycles. The number of benzene rings is 1. The van der Waals surface area contributed by atoms with Gasteiger partial charge in [-0.15, -0.1) is 0 Å². The highest BCUT2D eigenvalue weighted by molar-refractivity contribution is 6.24. The fourth-order valence-electron chi connectivity index (χ4n) is 2.93. The van der Waals surface area contributed by atoms with E-state index in [1.807, 2.05) is 13.8 Å². The molecule has 1 aromatic rings. The Balaban J connectivity index is 2.14. The molecule has 1 aromatic carbocycles. The lowest BCUT2D eigenvalue weighted by Gasteiger charge is -2.22. The molecule has 5 heteroatoms. The maximum atomic E-state index is 11.9. The lowest BCUT2D eigenvalue weighted by molar-refractivity contribution is -0.0172. The van der Waals surface area contributed by atoms with Crippen LogP contribution in [0.4, 0.5) is 0 Å². The summed E-state index contributed by atoms with van der Waals surface area (Å²) in [4.78, 5) is 23.7. The Morgan fingerprint density at radius 1 is 1.14 bits per heavy atom. The van der Waals surface area contributed by atoms with Gasteiger partial charge < -0.3 is 14.9 Å². The molecule has 21 heavy (non-hydrogen) atoms. The molecule has 0 bridgehead atoms. The molecule has 1 saturated heterocycles. The van der Waals surface area contributed by atoms with Crippen LogP contribution in [0.2, 0.25) is 0 Å². The molecular weight excluding hydrogens is 272 g/mol. The van der Waals surface area contributed by atoms with Crippen molar-refractivity contribution in [1.29, 1.82) is 0 Å². The number of phenolic OH excluding ortho intramolecular Hbond substituents is 2. The molecule has 1 atom stereocenters. The van der Waals surface area contributed by atoms with Gasteiger partial charge in [0, 0.05) is 5.56 Å². The van der Waals surface area contributed by atoms with Gasteiger partial charge in [-0.3, -0.25) is 9.59 Å². The van der Waals surface area contributed by atoms with Gasteiger partial charge in [-0.1, -0.05) is 0 Å². The summed E-state index contributed by atoms with van der Waals surface area (Å²) in [5.74, 6) is -1.55. The molecule has 0 unspecified atom stereocenters. The van der Waals surface area contributed by atoms with Gasteiger partial charge in [-0.05, 0) is 44.9 Å². The summed E-state index contributed by atoms with van der Waals surface area (Å²) < 4.78 is 5.84. The van der Waals surface area contributed by atoms with Crippen molar-refractivity contribution in [2.45, 2.75) is 38.4 Å². The molecular formula is C16H16O5. The van der Waals surface area contributed by atoms with Gasteiger partial charge in [0.1, 0.15) is 11.5 Å². The monoisotopic (exact) mass is 288 g/mol. The van der Waals surface area contributed by atoms with Crippen molar-refractivity contribution in [3.05, 3.63) is 34.9 Å². The Morgan fingerprint density at radius 3 is 2.33 bits per heavy atom. The van der Waals surface area contributed by atoms with E-state index in [1.165, 1.54) is 6.07 Å². The van der Waals surface area contributed by atoms with E-state index < -0.39 is 17.7 Å². The molecule has 0 aromatic heterocycles. The molecule has 1 fully saturated rings. The second-order valence-electron chi connectivity index (χ2n) is 6.05. The van der Waals surface area contributed by atoms with Crippen LogP contribution < -0.4 is 0 Å². The molecule has 0 amide bonds. The van der Waals surface area contributed by atoms with Crippen molar-refractivity contribution in [3.63, 3.8) is 0 Å². The molecule has 0 saturated carbocycles. The average molecular weight is 288 g/mol. The number of aromatic hydroxyl groups is 2. The van der Waals surface area contributed by atoms with Crippen LogP contribution in [0.3, 0.4) is 0 Å². The summed E-state index contributed by atoms with van der Waals surface area (Å²) in [5, 5.41) is 20.4. The van der Waals surface area contributed by atoms with Crippen LogP contribution in [0.5, 0.6) is 11.5 Å². The molecule has 1 aliphatic carbocycles. The maximum absolute atomic E-state index is 11.9. The van der Waals surface area contributed by atoms with Crippen LogP contribution in [0, 0.1) is 0 Å². The lowest BCUT2D eigenvalue weighted by Crippen LogP contribution is -2.18. The molecule has 1 heterocycles. The molecule has 5 nitrogen and oxygen atoms in total. The Morgan fingerprint density at radius 2 is 1.76 bits per heavy atom. The van der Waals surface area contributed by atoms with Gasteiger partial charge >= 0.3 is 0 Å². The number of ether oxygens (including phenoxy) is 1. The Hall–Kier alpha value is -2.14. The molecule has 2 aliphatic rings. The topological polar surface area (TPSA) is 83.8 Å². The normalized spacial score (nSPS) is 23.4. The van der Waals surface area contributed by atoms with Crippen molar-refractivity contribution in [3.8, 4) is 11.5 Å². The van der Waals surface area contributed by atoms with Crippen LogP contribution in [0.1, 0.15) is 59.1 Å². The average Bonchev–Trinajstić information content (AvgIpc) is 2.76. The third kappa shape index (κ3) is 2.14. The highest BCUT2D eigenvalue weighted by Gasteiger charge is 2.37. The van der Waals surface area contributed by atoms with Crippen molar-refractivity contribution in [2.24, 2.45) is 0 Å². The molecule has 0 radical (unpaired) electrons. The summed E-state index contributed by atoms with van der Waals surface area (Å²) >= 11 is 0. The number of hydrogen-bond acceptors (Lipinski definition) is 5. The second kappa shape index (κ2) is 4.43.